The lowest BCUT2D eigenvalue weighted by Gasteiger charge is -2.29. The Labute approximate surface area is 118 Å². The third-order valence-electron chi connectivity index (χ3n) is 3.24. The van der Waals surface area contributed by atoms with E-state index in [2.05, 4.69) is 38.0 Å². The van der Waals surface area contributed by atoms with E-state index >= 15 is 0 Å². The lowest BCUT2D eigenvalue weighted by molar-refractivity contribution is -0.150. The third kappa shape index (κ3) is 7.53. The summed E-state index contributed by atoms with van der Waals surface area (Å²) in [6.45, 7) is 12.9. The normalized spacial score (nSPS) is 15.4. The van der Waals surface area contributed by atoms with E-state index < -0.39 is 5.54 Å². The largest absolute Gasteiger partial charge is 0.465 e. The molecule has 0 radical (unpaired) electrons. The molecule has 0 saturated carbocycles. The monoisotopic (exact) mass is 272 g/mol. The summed E-state index contributed by atoms with van der Waals surface area (Å²) in [5, 5.41) is 3.09. The van der Waals surface area contributed by atoms with Gasteiger partial charge in [0.2, 0.25) is 0 Å². The fourth-order valence-corrected chi connectivity index (χ4v) is 2.21. The molecule has 0 aliphatic heterocycles. The summed E-state index contributed by atoms with van der Waals surface area (Å²) in [4.78, 5) is 14.2. The Morgan fingerprint density at radius 1 is 1.26 bits per heavy atom. The van der Waals surface area contributed by atoms with Crippen molar-refractivity contribution < 1.29 is 9.53 Å². The number of rotatable bonds is 8. The quantitative estimate of drug-likeness (QED) is 0.688. The number of hydrogen-bond acceptors (Lipinski definition) is 4. The predicted molar refractivity (Wildman–Crippen MR) is 80.3 cm³/mol. The van der Waals surface area contributed by atoms with Gasteiger partial charge in [-0.3, -0.25) is 4.79 Å². The molecule has 4 heteroatoms. The van der Waals surface area contributed by atoms with Gasteiger partial charge in [0.25, 0.3) is 0 Å². The molecule has 0 spiro atoms. The maximum absolute atomic E-state index is 11.9. The third-order valence-corrected chi connectivity index (χ3v) is 3.24. The van der Waals surface area contributed by atoms with Crippen LogP contribution < -0.4 is 5.32 Å². The summed E-state index contributed by atoms with van der Waals surface area (Å²) in [7, 11) is 3.95. The molecule has 0 fully saturated rings. The van der Waals surface area contributed by atoms with Crippen LogP contribution in [0.1, 0.15) is 47.5 Å². The number of nitrogens with zero attached hydrogens (tertiary/aromatic N) is 1. The van der Waals surface area contributed by atoms with Gasteiger partial charge in [-0.1, -0.05) is 20.8 Å². The van der Waals surface area contributed by atoms with E-state index in [4.69, 9.17) is 4.74 Å². The second kappa shape index (κ2) is 7.85. The molecule has 1 N–H and O–H groups in total. The van der Waals surface area contributed by atoms with Gasteiger partial charge in [0.15, 0.2) is 0 Å². The minimum absolute atomic E-state index is 0.157. The molecule has 0 aromatic rings. The van der Waals surface area contributed by atoms with Crippen LogP contribution in [-0.4, -0.2) is 50.2 Å². The van der Waals surface area contributed by atoms with Crippen molar-refractivity contribution in [2.75, 3.05) is 33.8 Å². The standard InChI is InChI=1S/C15H32N2O2/c1-8-19-13(18)15(5,16-6)10-9-11-17(7)12-14(2,3)4/h16H,8-12H2,1-7H3. The van der Waals surface area contributed by atoms with Crippen LogP contribution in [-0.2, 0) is 9.53 Å². The maximum atomic E-state index is 11.9. The average Bonchev–Trinajstić information content (AvgIpc) is 2.26. The Bertz CT molecular complexity index is 274. The van der Waals surface area contributed by atoms with Gasteiger partial charge in [-0.15, -0.1) is 0 Å². The van der Waals surface area contributed by atoms with E-state index in [-0.39, 0.29) is 5.97 Å². The van der Waals surface area contributed by atoms with Crippen LogP contribution in [0.5, 0.6) is 0 Å². The van der Waals surface area contributed by atoms with Crippen LogP contribution in [0.2, 0.25) is 0 Å². The molecule has 0 aromatic heterocycles. The second-order valence-electron chi connectivity index (χ2n) is 6.70. The maximum Gasteiger partial charge on any atom is 0.326 e. The van der Waals surface area contributed by atoms with Crippen molar-refractivity contribution in [2.45, 2.75) is 53.0 Å². The summed E-state index contributed by atoms with van der Waals surface area (Å²) in [5.74, 6) is -0.157. The van der Waals surface area contributed by atoms with Crippen molar-refractivity contribution >= 4 is 5.97 Å². The molecular weight excluding hydrogens is 240 g/mol. The molecule has 0 saturated heterocycles. The molecular formula is C15H32N2O2. The van der Waals surface area contributed by atoms with Gasteiger partial charge >= 0.3 is 5.97 Å². The zero-order chi connectivity index (χ0) is 15.1. The van der Waals surface area contributed by atoms with Gasteiger partial charge < -0.3 is 15.0 Å². The molecule has 1 atom stereocenters. The minimum Gasteiger partial charge on any atom is -0.465 e. The van der Waals surface area contributed by atoms with E-state index in [0.717, 1.165) is 25.9 Å². The van der Waals surface area contributed by atoms with Gasteiger partial charge in [-0.05, 0) is 52.7 Å². The SMILES string of the molecule is CCOC(=O)C(C)(CCCN(C)CC(C)(C)C)NC. The number of ether oxygens (including phenoxy) is 1. The highest BCUT2D eigenvalue weighted by atomic mass is 16.5. The Morgan fingerprint density at radius 2 is 1.84 bits per heavy atom. The van der Waals surface area contributed by atoms with E-state index in [1.165, 1.54) is 0 Å². The van der Waals surface area contributed by atoms with Crippen LogP contribution >= 0.6 is 0 Å². The number of hydrogen-bond donors (Lipinski definition) is 1. The highest BCUT2D eigenvalue weighted by Gasteiger charge is 2.32. The molecule has 0 aliphatic rings. The van der Waals surface area contributed by atoms with Crippen LogP contribution in [0.3, 0.4) is 0 Å². The number of esters is 1. The summed E-state index contributed by atoms with van der Waals surface area (Å²) in [6, 6.07) is 0. The van der Waals surface area contributed by atoms with Crippen LogP contribution in [0.15, 0.2) is 0 Å². The Kier molecular flexibility index (Phi) is 7.60. The Morgan fingerprint density at radius 3 is 2.26 bits per heavy atom. The molecule has 0 bridgehead atoms. The van der Waals surface area contributed by atoms with Gasteiger partial charge in [-0.25, -0.2) is 0 Å². The molecule has 1 unspecified atom stereocenters. The molecule has 0 aliphatic carbocycles. The summed E-state index contributed by atoms with van der Waals surface area (Å²) in [6.07, 6.45) is 1.76. The van der Waals surface area contributed by atoms with Crippen molar-refractivity contribution in [1.29, 1.82) is 0 Å². The lowest BCUT2D eigenvalue weighted by atomic mass is 9.94. The summed E-state index contributed by atoms with van der Waals surface area (Å²) < 4.78 is 5.12. The molecule has 0 amide bonds. The van der Waals surface area contributed by atoms with Crippen LogP contribution in [0.4, 0.5) is 0 Å². The van der Waals surface area contributed by atoms with Crippen molar-refractivity contribution in [3.8, 4) is 0 Å². The number of nitrogens with one attached hydrogen (secondary N) is 1. The van der Waals surface area contributed by atoms with Crippen LogP contribution in [0, 0.1) is 5.41 Å². The average molecular weight is 272 g/mol. The number of likely N-dealkylation sites (N-methyl/N-ethyl adjacent to an activating group) is 1. The zero-order valence-electron chi connectivity index (χ0n) is 13.8. The summed E-state index contributed by atoms with van der Waals surface area (Å²) >= 11 is 0. The fourth-order valence-electron chi connectivity index (χ4n) is 2.21. The Hall–Kier alpha value is -0.610. The summed E-state index contributed by atoms with van der Waals surface area (Å²) in [5.41, 5.74) is -0.263. The van der Waals surface area contributed by atoms with Gasteiger partial charge in [0.1, 0.15) is 5.54 Å². The first-order chi connectivity index (χ1) is 8.64. The topological polar surface area (TPSA) is 41.6 Å². The zero-order valence-corrected chi connectivity index (χ0v) is 13.8. The van der Waals surface area contributed by atoms with Crippen molar-refractivity contribution in [1.82, 2.24) is 10.2 Å². The van der Waals surface area contributed by atoms with Gasteiger partial charge in [0.05, 0.1) is 6.61 Å². The molecule has 4 nitrogen and oxygen atoms in total. The molecule has 0 aromatic carbocycles. The first-order valence-electron chi connectivity index (χ1n) is 7.19. The first-order valence-corrected chi connectivity index (χ1v) is 7.19. The van der Waals surface area contributed by atoms with E-state index in [9.17, 15) is 4.79 Å². The first kappa shape index (κ1) is 18.4. The predicted octanol–water partition coefficient (Wildman–Crippen LogP) is 2.29. The van der Waals surface area contributed by atoms with Crippen molar-refractivity contribution in [3.63, 3.8) is 0 Å². The lowest BCUT2D eigenvalue weighted by Crippen LogP contribution is -2.49. The number of carbonyl (C=O) groups excluding carboxylic acids is 1. The minimum atomic E-state index is -0.571. The fraction of sp³-hybridized carbons (Fsp3) is 0.933. The van der Waals surface area contributed by atoms with Gasteiger partial charge in [0, 0.05) is 6.54 Å². The number of carbonyl (C=O) groups is 1. The van der Waals surface area contributed by atoms with Crippen molar-refractivity contribution in [2.24, 2.45) is 5.41 Å². The highest BCUT2D eigenvalue weighted by molar-refractivity contribution is 5.80. The Balaban J connectivity index is 4.18. The smallest absolute Gasteiger partial charge is 0.326 e. The van der Waals surface area contributed by atoms with Crippen LogP contribution in [0.25, 0.3) is 0 Å². The second-order valence-corrected chi connectivity index (χ2v) is 6.70. The van der Waals surface area contributed by atoms with E-state index in [0.29, 0.717) is 12.0 Å². The molecule has 114 valence electrons. The molecule has 19 heavy (non-hydrogen) atoms. The molecule has 0 heterocycles. The highest BCUT2D eigenvalue weighted by Crippen LogP contribution is 2.17. The van der Waals surface area contributed by atoms with Gasteiger partial charge in [-0.2, -0.15) is 0 Å². The van der Waals surface area contributed by atoms with E-state index in [1.54, 1.807) is 0 Å². The van der Waals surface area contributed by atoms with E-state index in [1.807, 2.05) is 20.9 Å². The molecule has 0 rings (SSSR count). The van der Waals surface area contributed by atoms with Crippen molar-refractivity contribution in [3.05, 3.63) is 0 Å².